The molecule has 2 fully saturated rings. The fraction of sp³-hybridized carbons (Fsp3) is 0.500. The maximum Gasteiger partial charge on any atom is 0.408 e. The summed E-state index contributed by atoms with van der Waals surface area (Å²) in [6.45, 7) is 0.211. The lowest BCUT2D eigenvalue weighted by molar-refractivity contribution is -0.133. The Bertz CT molecular complexity index is 512. The fourth-order valence-corrected chi connectivity index (χ4v) is 3.56. The van der Waals surface area contributed by atoms with Gasteiger partial charge in [-0.15, -0.1) is 0 Å². The Morgan fingerprint density at radius 2 is 1.67 bits per heavy atom. The molecule has 1 aromatic carbocycles. The lowest BCUT2D eigenvalue weighted by Gasteiger charge is -2.26. The number of rotatable bonds is 4. The fourth-order valence-electron chi connectivity index (χ4n) is 3.56. The van der Waals surface area contributed by atoms with Gasteiger partial charge in [0.2, 0.25) is 5.91 Å². The SMILES string of the molecule is O=C(O)N(CC(=O)N1C2CCC1CC2)Cc1ccccc1. The Morgan fingerprint density at radius 1 is 1.10 bits per heavy atom. The smallest absolute Gasteiger partial charge is 0.408 e. The summed E-state index contributed by atoms with van der Waals surface area (Å²) in [5, 5.41) is 9.33. The molecule has 1 aromatic rings. The van der Waals surface area contributed by atoms with Gasteiger partial charge in [-0.05, 0) is 31.2 Å². The molecule has 0 unspecified atom stereocenters. The van der Waals surface area contributed by atoms with Crippen LogP contribution in [-0.4, -0.2) is 45.5 Å². The quantitative estimate of drug-likeness (QED) is 0.925. The van der Waals surface area contributed by atoms with Gasteiger partial charge in [0, 0.05) is 18.6 Å². The number of amides is 2. The number of hydrogen-bond acceptors (Lipinski definition) is 2. The lowest BCUT2D eigenvalue weighted by atomic mass is 10.0. The molecule has 112 valence electrons. The van der Waals surface area contributed by atoms with Gasteiger partial charge in [0.1, 0.15) is 6.54 Å². The number of benzene rings is 1. The molecule has 0 saturated carbocycles. The third-order valence-electron chi connectivity index (χ3n) is 4.55. The van der Waals surface area contributed by atoms with E-state index in [1.54, 1.807) is 0 Å². The predicted molar refractivity (Wildman–Crippen MR) is 77.8 cm³/mol. The van der Waals surface area contributed by atoms with Crippen molar-refractivity contribution < 1.29 is 14.7 Å². The monoisotopic (exact) mass is 288 g/mol. The number of carbonyl (C=O) groups is 2. The van der Waals surface area contributed by atoms with Crippen LogP contribution in [0.1, 0.15) is 31.2 Å². The van der Waals surface area contributed by atoms with Crippen molar-refractivity contribution in [2.24, 2.45) is 0 Å². The van der Waals surface area contributed by atoms with Gasteiger partial charge >= 0.3 is 6.09 Å². The van der Waals surface area contributed by atoms with Gasteiger partial charge in [-0.25, -0.2) is 4.79 Å². The van der Waals surface area contributed by atoms with Crippen LogP contribution in [0.25, 0.3) is 0 Å². The zero-order chi connectivity index (χ0) is 14.8. The second-order valence-electron chi connectivity index (χ2n) is 5.89. The Balaban J connectivity index is 1.65. The number of hydrogen-bond donors (Lipinski definition) is 1. The van der Waals surface area contributed by atoms with Crippen molar-refractivity contribution >= 4 is 12.0 Å². The van der Waals surface area contributed by atoms with E-state index in [2.05, 4.69) is 0 Å². The first-order valence-corrected chi connectivity index (χ1v) is 7.48. The van der Waals surface area contributed by atoms with E-state index in [-0.39, 0.29) is 19.0 Å². The molecule has 0 atom stereocenters. The number of fused-ring (bicyclic) bond motifs is 2. The van der Waals surface area contributed by atoms with Crippen molar-refractivity contribution in [1.29, 1.82) is 0 Å². The molecule has 0 aromatic heterocycles. The van der Waals surface area contributed by atoms with E-state index in [4.69, 9.17) is 0 Å². The molecule has 2 aliphatic heterocycles. The molecule has 1 N–H and O–H groups in total. The summed E-state index contributed by atoms with van der Waals surface area (Å²) >= 11 is 0. The van der Waals surface area contributed by atoms with E-state index < -0.39 is 6.09 Å². The summed E-state index contributed by atoms with van der Waals surface area (Å²) in [6.07, 6.45) is 3.24. The maximum atomic E-state index is 12.4. The van der Waals surface area contributed by atoms with E-state index in [1.165, 1.54) is 4.90 Å². The van der Waals surface area contributed by atoms with Crippen LogP contribution in [0.15, 0.2) is 30.3 Å². The third kappa shape index (κ3) is 2.86. The van der Waals surface area contributed by atoms with Gasteiger partial charge in [-0.2, -0.15) is 0 Å². The van der Waals surface area contributed by atoms with Crippen molar-refractivity contribution in [3.63, 3.8) is 0 Å². The van der Waals surface area contributed by atoms with Crippen molar-refractivity contribution in [3.8, 4) is 0 Å². The van der Waals surface area contributed by atoms with Crippen LogP contribution in [0, 0.1) is 0 Å². The third-order valence-corrected chi connectivity index (χ3v) is 4.55. The molecule has 5 heteroatoms. The largest absolute Gasteiger partial charge is 0.465 e. The van der Waals surface area contributed by atoms with Crippen LogP contribution in [-0.2, 0) is 11.3 Å². The van der Waals surface area contributed by atoms with Crippen molar-refractivity contribution in [2.45, 2.75) is 44.3 Å². The topological polar surface area (TPSA) is 60.9 Å². The predicted octanol–water partition coefficient (Wildman–Crippen LogP) is 2.32. The molecule has 2 bridgehead atoms. The molecular formula is C16H20N2O3. The van der Waals surface area contributed by atoms with E-state index in [0.717, 1.165) is 31.2 Å². The molecule has 0 spiro atoms. The Hall–Kier alpha value is -2.04. The van der Waals surface area contributed by atoms with Crippen LogP contribution in [0.5, 0.6) is 0 Å². The van der Waals surface area contributed by atoms with Crippen molar-refractivity contribution in [3.05, 3.63) is 35.9 Å². The second-order valence-corrected chi connectivity index (χ2v) is 5.89. The van der Waals surface area contributed by atoms with Gasteiger partial charge in [0.05, 0.1) is 0 Å². The zero-order valence-electron chi connectivity index (χ0n) is 11.9. The van der Waals surface area contributed by atoms with Gasteiger partial charge in [-0.3, -0.25) is 9.69 Å². The summed E-state index contributed by atoms with van der Waals surface area (Å²) in [5.74, 6) is -0.0432. The van der Waals surface area contributed by atoms with Crippen LogP contribution in [0.3, 0.4) is 0 Å². The molecule has 2 heterocycles. The van der Waals surface area contributed by atoms with Gasteiger partial charge in [0.25, 0.3) is 0 Å². The first-order valence-electron chi connectivity index (χ1n) is 7.48. The lowest BCUT2D eigenvalue weighted by Crippen LogP contribution is -2.44. The normalized spacial score (nSPS) is 23.3. The molecule has 3 rings (SSSR count). The summed E-state index contributed by atoms with van der Waals surface area (Å²) in [4.78, 5) is 27.0. The van der Waals surface area contributed by atoms with Crippen LogP contribution < -0.4 is 0 Å². The first kappa shape index (κ1) is 13.9. The Kier molecular flexibility index (Phi) is 3.82. The molecule has 2 amide bonds. The molecule has 0 radical (unpaired) electrons. The summed E-state index contributed by atoms with van der Waals surface area (Å²) in [5.41, 5.74) is 0.900. The average molecular weight is 288 g/mol. The second kappa shape index (κ2) is 5.76. The summed E-state index contributed by atoms with van der Waals surface area (Å²) < 4.78 is 0. The van der Waals surface area contributed by atoms with Gasteiger partial charge < -0.3 is 10.0 Å². The highest BCUT2D eigenvalue weighted by molar-refractivity contribution is 5.83. The van der Waals surface area contributed by atoms with Gasteiger partial charge in [0.15, 0.2) is 0 Å². The van der Waals surface area contributed by atoms with Crippen LogP contribution in [0.2, 0.25) is 0 Å². The molecule has 2 saturated heterocycles. The van der Waals surface area contributed by atoms with Gasteiger partial charge in [-0.1, -0.05) is 30.3 Å². The van der Waals surface area contributed by atoms with Crippen molar-refractivity contribution in [1.82, 2.24) is 9.80 Å². The minimum Gasteiger partial charge on any atom is -0.465 e. The minimum absolute atomic E-state index is 0.0432. The minimum atomic E-state index is -1.04. The number of carboxylic acid groups (broad SMARTS) is 1. The highest BCUT2D eigenvalue weighted by atomic mass is 16.4. The molecule has 0 aliphatic carbocycles. The van der Waals surface area contributed by atoms with E-state index >= 15 is 0 Å². The standard InChI is InChI=1S/C16H20N2O3/c19-15(18-13-6-7-14(18)9-8-13)11-17(16(20)21)10-12-4-2-1-3-5-12/h1-5,13-14H,6-11H2,(H,20,21). The van der Waals surface area contributed by atoms with E-state index in [9.17, 15) is 14.7 Å². The van der Waals surface area contributed by atoms with Crippen LogP contribution >= 0.6 is 0 Å². The molecule has 5 nitrogen and oxygen atoms in total. The Labute approximate surface area is 124 Å². The first-order chi connectivity index (χ1) is 10.1. The molecule has 2 aliphatic rings. The highest BCUT2D eigenvalue weighted by Crippen LogP contribution is 2.37. The molecule has 21 heavy (non-hydrogen) atoms. The Morgan fingerprint density at radius 3 is 2.19 bits per heavy atom. The number of nitrogens with zero attached hydrogens (tertiary/aromatic N) is 2. The van der Waals surface area contributed by atoms with Crippen LogP contribution in [0.4, 0.5) is 4.79 Å². The average Bonchev–Trinajstić information content (AvgIpc) is 3.07. The van der Waals surface area contributed by atoms with Crippen molar-refractivity contribution in [2.75, 3.05) is 6.54 Å². The highest BCUT2D eigenvalue weighted by Gasteiger charge is 2.42. The van der Waals surface area contributed by atoms with E-state index in [1.807, 2.05) is 35.2 Å². The maximum absolute atomic E-state index is 12.4. The summed E-state index contributed by atoms with van der Waals surface area (Å²) in [6, 6.07) is 10.1. The van der Waals surface area contributed by atoms with E-state index in [0.29, 0.717) is 12.1 Å². The number of carbonyl (C=O) groups excluding carboxylic acids is 1. The zero-order valence-corrected chi connectivity index (χ0v) is 11.9. The summed E-state index contributed by atoms with van der Waals surface area (Å²) in [7, 11) is 0. The molecular weight excluding hydrogens is 268 g/mol.